The molecule has 0 aliphatic rings. The fourth-order valence-electron chi connectivity index (χ4n) is 2.35. The molecule has 3 aromatic rings. The first kappa shape index (κ1) is 17.6. The number of nitrogens with zero attached hydrogens (tertiary/aromatic N) is 1. The molecule has 1 aromatic heterocycles. The Labute approximate surface area is 151 Å². The van der Waals surface area contributed by atoms with Gasteiger partial charge in [0.2, 0.25) is 0 Å². The van der Waals surface area contributed by atoms with Gasteiger partial charge in [-0.25, -0.2) is 0 Å². The molecule has 0 saturated carbocycles. The van der Waals surface area contributed by atoms with E-state index in [1.165, 1.54) is 6.20 Å². The van der Waals surface area contributed by atoms with Crippen molar-refractivity contribution in [2.45, 2.75) is 19.1 Å². The molecule has 1 unspecified atom stereocenters. The van der Waals surface area contributed by atoms with Crippen molar-refractivity contribution in [3.8, 4) is 11.5 Å². The Morgan fingerprint density at radius 2 is 1.69 bits per heavy atom. The topological polar surface area (TPSA) is 68.7 Å². The zero-order valence-electron chi connectivity index (χ0n) is 14.1. The Bertz CT molecular complexity index is 820. The van der Waals surface area contributed by atoms with Crippen LogP contribution in [0.3, 0.4) is 0 Å². The summed E-state index contributed by atoms with van der Waals surface area (Å²) < 4.78 is 10.9. The largest absolute Gasteiger partial charge is 0.461 e. The molecular formula is C21H19NO4. The lowest BCUT2D eigenvalue weighted by Crippen LogP contribution is -2.10. The number of benzene rings is 2. The highest BCUT2D eigenvalue weighted by molar-refractivity contribution is 5.70. The molecule has 5 heteroatoms. The first-order valence-electron chi connectivity index (χ1n) is 8.26. The number of esters is 1. The summed E-state index contributed by atoms with van der Waals surface area (Å²) in [4.78, 5) is 15.8. The predicted molar refractivity (Wildman–Crippen MR) is 96.6 cm³/mol. The van der Waals surface area contributed by atoms with Crippen LogP contribution in [0.4, 0.5) is 0 Å². The monoisotopic (exact) mass is 349 g/mol. The molecule has 5 nitrogen and oxygen atoms in total. The van der Waals surface area contributed by atoms with Crippen molar-refractivity contribution in [3.05, 3.63) is 90.3 Å². The van der Waals surface area contributed by atoms with Crippen molar-refractivity contribution in [1.82, 2.24) is 4.98 Å². The number of carbonyl (C=O) groups is 1. The molecule has 0 aliphatic carbocycles. The van der Waals surface area contributed by atoms with Gasteiger partial charge in [0.1, 0.15) is 18.1 Å². The van der Waals surface area contributed by atoms with E-state index in [2.05, 4.69) is 4.98 Å². The van der Waals surface area contributed by atoms with Gasteiger partial charge in [0.15, 0.2) is 0 Å². The lowest BCUT2D eigenvalue weighted by molar-refractivity contribution is -0.147. The van der Waals surface area contributed by atoms with Crippen molar-refractivity contribution in [3.63, 3.8) is 0 Å². The Morgan fingerprint density at radius 3 is 2.38 bits per heavy atom. The predicted octanol–water partition coefficient (Wildman–Crippen LogP) is 4.04. The average Bonchev–Trinajstić information content (AvgIpc) is 2.69. The number of ether oxygens (including phenoxy) is 2. The molecular weight excluding hydrogens is 330 g/mol. The highest BCUT2D eigenvalue weighted by Crippen LogP contribution is 2.21. The second kappa shape index (κ2) is 8.78. The average molecular weight is 349 g/mol. The fourth-order valence-corrected chi connectivity index (χ4v) is 2.35. The van der Waals surface area contributed by atoms with Crippen LogP contribution in [0.2, 0.25) is 0 Å². The van der Waals surface area contributed by atoms with Crippen LogP contribution < -0.4 is 4.74 Å². The molecule has 1 heterocycles. The van der Waals surface area contributed by atoms with Gasteiger partial charge in [0, 0.05) is 12.4 Å². The molecule has 0 radical (unpaired) electrons. The zero-order valence-corrected chi connectivity index (χ0v) is 14.1. The van der Waals surface area contributed by atoms with Gasteiger partial charge in [-0.1, -0.05) is 36.4 Å². The lowest BCUT2D eigenvalue weighted by Gasteiger charge is -2.11. The third-order valence-corrected chi connectivity index (χ3v) is 3.73. The molecule has 0 bridgehead atoms. The van der Waals surface area contributed by atoms with Crippen LogP contribution >= 0.6 is 0 Å². The van der Waals surface area contributed by atoms with Gasteiger partial charge < -0.3 is 14.6 Å². The Kier molecular flexibility index (Phi) is 5.96. The van der Waals surface area contributed by atoms with E-state index in [0.29, 0.717) is 11.3 Å². The molecule has 3 rings (SSSR count). The van der Waals surface area contributed by atoms with E-state index in [1.807, 2.05) is 54.6 Å². The summed E-state index contributed by atoms with van der Waals surface area (Å²) in [7, 11) is 0. The number of hydrogen-bond acceptors (Lipinski definition) is 5. The summed E-state index contributed by atoms with van der Waals surface area (Å²) in [5.74, 6) is 1.00. The second-order valence-corrected chi connectivity index (χ2v) is 5.73. The molecule has 0 amide bonds. The van der Waals surface area contributed by atoms with Gasteiger partial charge in [-0.15, -0.1) is 0 Å². The zero-order chi connectivity index (χ0) is 18.2. The second-order valence-electron chi connectivity index (χ2n) is 5.73. The Morgan fingerprint density at radius 1 is 0.962 bits per heavy atom. The first-order valence-corrected chi connectivity index (χ1v) is 8.26. The van der Waals surface area contributed by atoms with Crippen LogP contribution in [0.1, 0.15) is 23.7 Å². The van der Waals surface area contributed by atoms with Crippen LogP contribution in [-0.4, -0.2) is 16.1 Å². The van der Waals surface area contributed by atoms with E-state index in [4.69, 9.17) is 9.47 Å². The van der Waals surface area contributed by atoms with Gasteiger partial charge in [-0.05, 0) is 41.5 Å². The van der Waals surface area contributed by atoms with E-state index in [0.717, 1.165) is 11.3 Å². The quantitative estimate of drug-likeness (QED) is 0.652. The SMILES string of the molecule is O=C(CC(O)c1cccnc1)OCc1ccc(Oc2ccccc2)cc1. The molecule has 0 spiro atoms. The summed E-state index contributed by atoms with van der Waals surface area (Å²) in [6.45, 7) is 0.143. The van der Waals surface area contributed by atoms with Crippen molar-refractivity contribution in [2.75, 3.05) is 0 Å². The van der Waals surface area contributed by atoms with E-state index >= 15 is 0 Å². The standard InChI is InChI=1S/C21H19NO4/c23-20(17-5-4-12-22-14-17)13-21(24)25-15-16-8-10-19(11-9-16)26-18-6-2-1-3-7-18/h1-12,14,20,23H,13,15H2. The maximum absolute atomic E-state index is 11.9. The minimum atomic E-state index is -0.919. The Balaban J connectivity index is 1.48. The van der Waals surface area contributed by atoms with E-state index in [-0.39, 0.29) is 13.0 Å². The third-order valence-electron chi connectivity index (χ3n) is 3.73. The number of rotatable bonds is 7. The maximum Gasteiger partial charge on any atom is 0.309 e. The van der Waals surface area contributed by atoms with Gasteiger partial charge >= 0.3 is 5.97 Å². The highest BCUT2D eigenvalue weighted by Gasteiger charge is 2.14. The number of aliphatic hydroxyl groups excluding tert-OH is 1. The molecule has 1 N–H and O–H groups in total. The van der Waals surface area contributed by atoms with Crippen LogP contribution in [0, 0.1) is 0 Å². The summed E-state index contributed by atoms with van der Waals surface area (Å²) in [6, 6.07) is 20.2. The summed E-state index contributed by atoms with van der Waals surface area (Å²) in [6.07, 6.45) is 2.11. The van der Waals surface area contributed by atoms with Crippen molar-refractivity contribution >= 4 is 5.97 Å². The number of aromatic nitrogens is 1. The van der Waals surface area contributed by atoms with Gasteiger partial charge in [-0.2, -0.15) is 0 Å². The lowest BCUT2D eigenvalue weighted by atomic mass is 10.1. The minimum absolute atomic E-state index is 0.110. The van der Waals surface area contributed by atoms with Gasteiger partial charge in [-0.3, -0.25) is 9.78 Å². The van der Waals surface area contributed by atoms with Crippen molar-refractivity contribution in [1.29, 1.82) is 0 Å². The molecule has 0 fully saturated rings. The summed E-state index contributed by atoms with van der Waals surface area (Å²) in [5, 5.41) is 10.0. The maximum atomic E-state index is 11.9. The normalized spacial score (nSPS) is 11.6. The molecule has 0 aliphatic heterocycles. The number of para-hydroxylation sites is 1. The smallest absolute Gasteiger partial charge is 0.309 e. The van der Waals surface area contributed by atoms with Crippen LogP contribution in [-0.2, 0) is 16.1 Å². The first-order chi connectivity index (χ1) is 12.7. The van der Waals surface area contributed by atoms with E-state index < -0.39 is 12.1 Å². The summed E-state index contributed by atoms with van der Waals surface area (Å²) >= 11 is 0. The van der Waals surface area contributed by atoms with Crippen LogP contribution in [0.15, 0.2) is 79.1 Å². The van der Waals surface area contributed by atoms with E-state index in [9.17, 15) is 9.90 Å². The minimum Gasteiger partial charge on any atom is -0.461 e. The number of aliphatic hydroxyl groups is 1. The highest BCUT2D eigenvalue weighted by atomic mass is 16.5. The number of pyridine rings is 1. The number of carbonyl (C=O) groups excluding carboxylic acids is 1. The van der Waals surface area contributed by atoms with Gasteiger partial charge in [0.05, 0.1) is 12.5 Å². The third kappa shape index (κ3) is 5.16. The molecule has 1 atom stereocenters. The molecule has 132 valence electrons. The molecule has 2 aromatic carbocycles. The van der Waals surface area contributed by atoms with E-state index in [1.54, 1.807) is 18.3 Å². The van der Waals surface area contributed by atoms with Crippen LogP contribution in [0.5, 0.6) is 11.5 Å². The van der Waals surface area contributed by atoms with Crippen molar-refractivity contribution < 1.29 is 19.4 Å². The fraction of sp³-hybridized carbons (Fsp3) is 0.143. The Hall–Kier alpha value is -3.18. The molecule has 26 heavy (non-hydrogen) atoms. The number of hydrogen-bond donors (Lipinski definition) is 1. The summed E-state index contributed by atoms with van der Waals surface area (Å²) in [5.41, 5.74) is 1.43. The molecule has 0 saturated heterocycles. The van der Waals surface area contributed by atoms with Crippen molar-refractivity contribution in [2.24, 2.45) is 0 Å². The van der Waals surface area contributed by atoms with Crippen LogP contribution in [0.25, 0.3) is 0 Å². The van der Waals surface area contributed by atoms with Gasteiger partial charge in [0.25, 0.3) is 0 Å².